The number of nitrogens with zero attached hydrogens (tertiary/aromatic N) is 1. The molecule has 3 rings (SSSR count). The highest BCUT2D eigenvalue weighted by Crippen LogP contribution is 2.42. The zero-order valence-corrected chi connectivity index (χ0v) is 12.7. The van der Waals surface area contributed by atoms with Gasteiger partial charge in [0.05, 0.1) is 10.5 Å². The summed E-state index contributed by atoms with van der Waals surface area (Å²) < 4.78 is 63.0. The molecule has 0 N–H and O–H groups in total. The molecule has 2 atom stereocenters. The molecule has 23 heavy (non-hydrogen) atoms. The lowest BCUT2D eigenvalue weighted by Gasteiger charge is -2.06. The topological polar surface area (TPSA) is 49.7 Å². The van der Waals surface area contributed by atoms with Crippen molar-refractivity contribution in [3.8, 4) is 0 Å². The highest BCUT2D eigenvalue weighted by Gasteiger charge is 2.48. The molecule has 0 aliphatic carbocycles. The largest absolute Gasteiger partial charge is 0.416 e. The van der Waals surface area contributed by atoms with Crippen LogP contribution in [0.25, 0.3) is 0 Å². The van der Waals surface area contributed by atoms with Crippen LogP contribution in [0.1, 0.15) is 22.9 Å². The van der Waals surface area contributed by atoms with E-state index in [1.807, 2.05) is 6.92 Å². The summed E-state index contributed by atoms with van der Waals surface area (Å²) in [6.07, 6.45) is -5.33. The molecule has 0 aromatic heterocycles. The molecular formula is C15H12F3NO3S. The molecule has 1 heterocycles. The lowest BCUT2D eigenvalue weighted by atomic mass is 10.1. The smallest absolute Gasteiger partial charge is 0.253 e. The molecule has 122 valence electrons. The van der Waals surface area contributed by atoms with Gasteiger partial charge in [0, 0.05) is 5.56 Å². The maximum atomic E-state index is 12.5. The molecule has 1 aliphatic rings. The van der Waals surface area contributed by atoms with Crippen LogP contribution in [0.3, 0.4) is 0 Å². The van der Waals surface area contributed by atoms with Gasteiger partial charge in [0.1, 0.15) is 0 Å². The summed E-state index contributed by atoms with van der Waals surface area (Å²) in [5, 5.41) is 0. The number of benzene rings is 2. The Bertz CT molecular complexity index is 815. The molecule has 0 radical (unpaired) electrons. The van der Waals surface area contributed by atoms with Crippen LogP contribution in [0.4, 0.5) is 13.2 Å². The van der Waals surface area contributed by atoms with Gasteiger partial charge in [0.2, 0.25) is 0 Å². The maximum Gasteiger partial charge on any atom is 0.416 e. The van der Waals surface area contributed by atoms with Crippen molar-refractivity contribution in [2.75, 3.05) is 0 Å². The lowest BCUT2D eigenvalue weighted by Crippen LogP contribution is -2.12. The second-order valence-corrected chi connectivity index (χ2v) is 6.93. The van der Waals surface area contributed by atoms with Crippen molar-refractivity contribution in [2.24, 2.45) is 0 Å². The SMILES string of the molecule is Cc1ccc(S(=O)(=O)N2O[C@H]2c2ccc(C(F)(F)F)cc2)cc1. The summed E-state index contributed by atoms with van der Waals surface area (Å²) in [5.41, 5.74) is 0.457. The zero-order valence-electron chi connectivity index (χ0n) is 11.9. The number of sulfonamides is 1. The molecule has 0 bridgehead atoms. The Balaban J connectivity index is 1.80. The molecule has 0 saturated carbocycles. The molecule has 8 heteroatoms. The Morgan fingerprint density at radius 2 is 1.57 bits per heavy atom. The quantitative estimate of drug-likeness (QED) is 0.800. The van der Waals surface area contributed by atoms with E-state index >= 15 is 0 Å². The second kappa shape index (κ2) is 5.33. The van der Waals surface area contributed by atoms with Crippen LogP contribution in [-0.4, -0.2) is 12.9 Å². The van der Waals surface area contributed by atoms with E-state index in [2.05, 4.69) is 0 Å². The van der Waals surface area contributed by atoms with Gasteiger partial charge < -0.3 is 0 Å². The zero-order chi connectivity index (χ0) is 16.8. The van der Waals surface area contributed by atoms with Crippen molar-refractivity contribution >= 4 is 10.0 Å². The van der Waals surface area contributed by atoms with E-state index in [-0.39, 0.29) is 4.90 Å². The van der Waals surface area contributed by atoms with Crippen molar-refractivity contribution in [3.05, 3.63) is 65.2 Å². The molecule has 4 nitrogen and oxygen atoms in total. The van der Waals surface area contributed by atoms with Gasteiger partial charge in [0.25, 0.3) is 10.0 Å². The third-order valence-electron chi connectivity index (χ3n) is 3.43. The van der Waals surface area contributed by atoms with Gasteiger partial charge in [-0.15, -0.1) is 0 Å². The van der Waals surface area contributed by atoms with E-state index in [0.717, 1.165) is 22.2 Å². The van der Waals surface area contributed by atoms with Crippen molar-refractivity contribution < 1.29 is 26.4 Å². The van der Waals surface area contributed by atoms with Crippen molar-refractivity contribution in [1.82, 2.24) is 4.47 Å². The molecular weight excluding hydrogens is 331 g/mol. The summed E-state index contributed by atoms with van der Waals surface area (Å²) in [7, 11) is -3.83. The first kappa shape index (κ1) is 16.0. The third kappa shape index (κ3) is 3.10. The van der Waals surface area contributed by atoms with Gasteiger partial charge in [-0.1, -0.05) is 29.8 Å². The fourth-order valence-electron chi connectivity index (χ4n) is 2.09. The summed E-state index contributed by atoms with van der Waals surface area (Å²) >= 11 is 0. The molecule has 0 spiro atoms. The summed E-state index contributed by atoms with van der Waals surface area (Å²) in [5.74, 6) is 0. The molecule has 0 amide bonds. The predicted octanol–water partition coefficient (Wildman–Crippen LogP) is 3.65. The monoisotopic (exact) mass is 343 g/mol. The van der Waals surface area contributed by atoms with Crippen molar-refractivity contribution in [3.63, 3.8) is 0 Å². The number of alkyl halides is 3. The molecule has 1 fully saturated rings. The normalized spacial score (nSPS) is 21.2. The van der Waals surface area contributed by atoms with E-state index in [1.54, 1.807) is 12.1 Å². The molecule has 1 saturated heterocycles. The highest BCUT2D eigenvalue weighted by atomic mass is 32.2. The molecule has 2 aromatic carbocycles. The van der Waals surface area contributed by atoms with Gasteiger partial charge in [0.15, 0.2) is 6.23 Å². The van der Waals surface area contributed by atoms with Crippen LogP contribution in [0, 0.1) is 6.92 Å². The van der Waals surface area contributed by atoms with Crippen LogP contribution in [0.5, 0.6) is 0 Å². The van der Waals surface area contributed by atoms with Crippen LogP contribution in [0.15, 0.2) is 53.4 Å². The van der Waals surface area contributed by atoms with E-state index in [0.29, 0.717) is 5.56 Å². The van der Waals surface area contributed by atoms with Gasteiger partial charge in [-0.05, 0) is 35.7 Å². The van der Waals surface area contributed by atoms with E-state index in [4.69, 9.17) is 4.84 Å². The number of hydrogen-bond acceptors (Lipinski definition) is 3. The fourth-order valence-corrected chi connectivity index (χ4v) is 3.34. The summed E-state index contributed by atoms with van der Waals surface area (Å²) in [6.45, 7) is 1.83. The van der Waals surface area contributed by atoms with E-state index < -0.39 is 28.0 Å². The highest BCUT2D eigenvalue weighted by molar-refractivity contribution is 7.89. The third-order valence-corrected chi connectivity index (χ3v) is 5.05. The van der Waals surface area contributed by atoms with Gasteiger partial charge in [-0.25, -0.2) is 8.42 Å². The van der Waals surface area contributed by atoms with E-state index in [1.165, 1.54) is 24.3 Å². The predicted molar refractivity (Wildman–Crippen MR) is 75.5 cm³/mol. The van der Waals surface area contributed by atoms with Crippen molar-refractivity contribution in [1.29, 1.82) is 0 Å². The average molecular weight is 343 g/mol. The summed E-state index contributed by atoms with van der Waals surface area (Å²) in [6, 6.07) is 10.4. The average Bonchev–Trinajstić information content (AvgIpc) is 3.28. The molecule has 2 aromatic rings. The van der Waals surface area contributed by atoms with E-state index in [9.17, 15) is 21.6 Å². The Kier molecular flexibility index (Phi) is 3.70. The van der Waals surface area contributed by atoms with Crippen molar-refractivity contribution in [2.45, 2.75) is 24.2 Å². The molecule has 1 aliphatic heterocycles. The number of aryl methyl sites for hydroxylation is 1. The molecule has 1 unspecified atom stereocenters. The first-order valence-electron chi connectivity index (χ1n) is 6.64. The fraction of sp³-hybridized carbons (Fsp3) is 0.200. The first-order chi connectivity index (χ1) is 10.7. The van der Waals surface area contributed by atoms with Crippen LogP contribution < -0.4 is 0 Å². The lowest BCUT2D eigenvalue weighted by molar-refractivity contribution is -0.137. The second-order valence-electron chi connectivity index (χ2n) is 5.15. The minimum atomic E-state index is -4.43. The standard InChI is InChI=1S/C15H12F3NO3S/c1-10-2-8-13(9-3-10)23(20,21)19-14(22-19)11-4-6-12(7-5-11)15(16,17)18/h2-9,14H,1H3/t14-,19?/m0/s1. The van der Waals surface area contributed by atoms with Gasteiger partial charge >= 0.3 is 6.18 Å². The minimum Gasteiger partial charge on any atom is -0.253 e. The Hall–Kier alpha value is -1.90. The first-order valence-corrected chi connectivity index (χ1v) is 8.08. The van der Waals surface area contributed by atoms with Crippen LogP contribution >= 0.6 is 0 Å². The minimum absolute atomic E-state index is 0.0671. The van der Waals surface area contributed by atoms with Gasteiger partial charge in [-0.2, -0.15) is 13.2 Å². The Morgan fingerprint density at radius 1 is 1.00 bits per heavy atom. The number of hydrogen-bond donors (Lipinski definition) is 0. The van der Waals surface area contributed by atoms with Gasteiger partial charge in [-0.3, -0.25) is 4.84 Å². The Morgan fingerprint density at radius 3 is 2.09 bits per heavy atom. The number of halogens is 3. The number of hydroxylamine groups is 1. The van der Waals surface area contributed by atoms with Crippen LogP contribution in [0.2, 0.25) is 0 Å². The summed E-state index contributed by atoms with van der Waals surface area (Å²) in [4.78, 5) is 5.11. The maximum absolute atomic E-state index is 12.5. The number of rotatable bonds is 3. The Labute approximate surface area is 131 Å². The van der Waals surface area contributed by atoms with Crippen LogP contribution in [-0.2, 0) is 21.0 Å².